The Labute approximate surface area is 195 Å². The summed E-state index contributed by atoms with van der Waals surface area (Å²) in [4.78, 5) is 23.8. The van der Waals surface area contributed by atoms with Crippen molar-refractivity contribution in [2.45, 2.75) is 25.2 Å². The van der Waals surface area contributed by atoms with Crippen LogP contribution in [0.4, 0.5) is 5.69 Å². The van der Waals surface area contributed by atoms with Gasteiger partial charge in [-0.05, 0) is 30.3 Å². The second-order valence-corrected chi connectivity index (χ2v) is 7.94. The number of hydrogen-bond donors (Lipinski definition) is 3. The van der Waals surface area contributed by atoms with E-state index >= 15 is 0 Å². The highest BCUT2D eigenvalue weighted by Gasteiger charge is 2.17. The molecular formula is C23H25N5O4S. The zero-order valence-electron chi connectivity index (χ0n) is 18.4. The first kappa shape index (κ1) is 23.9. The number of aromatic hydroxyl groups is 1. The van der Waals surface area contributed by atoms with Gasteiger partial charge in [0, 0.05) is 31.3 Å². The highest BCUT2D eigenvalue weighted by atomic mass is 32.2. The summed E-state index contributed by atoms with van der Waals surface area (Å²) in [6.07, 6.45) is 1.70. The molecule has 33 heavy (non-hydrogen) atoms. The van der Waals surface area contributed by atoms with Gasteiger partial charge < -0.3 is 20.5 Å². The molecule has 0 aliphatic rings. The Morgan fingerprint density at radius 3 is 2.73 bits per heavy atom. The van der Waals surface area contributed by atoms with Gasteiger partial charge in [-0.2, -0.15) is 0 Å². The van der Waals surface area contributed by atoms with Crippen LogP contribution >= 0.6 is 11.8 Å². The van der Waals surface area contributed by atoms with E-state index < -0.39 is 0 Å². The molecule has 0 bridgehead atoms. The number of phenols is 1. The van der Waals surface area contributed by atoms with Crippen molar-refractivity contribution in [3.63, 3.8) is 0 Å². The molecule has 0 atom stereocenters. The van der Waals surface area contributed by atoms with Gasteiger partial charge in [-0.1, -0.05) is 30.0 Å². The molecule has 0 saturated carbocycles. The number of amides is 2. The topological polar surface area (TPSA) is 118 Å². The predicted molar refractivity (Wildman–Crippen MR) is 127 cm³/mol. The SMILES string of the molecule is C=CCn1c(SCC(=O)NCc2cc(NC(C)=O)ccc2OC)nnc1-c1ccccc1O. The third-order valence-corrected chi connectivity index (χ3v) is 5.55. The minimum absolute atomic E-state index is 0.0972. The fraction of sp³-hybridized carbons (Fsp3) is 0.217. The molecule has 172 valence electrons. The first-order chi connectivity index (χ1) is 15.9. The van der Waals surface area contributed by atoms with E-state index in [0.29, 0.717) is 34.5 Å². The first-order valence-electron chi connectivity index (χ1n) is 10.1. The summed E-state index contributed by atoms with van der Waals surface area (Å²) < 4.78 is 7.13. The molecule has 3 aromatic rings. The number of benzene rings is 2. The number of para-hydroxylation sites is 1. The lowest BCUT2D eigenvalue weighted by Gasteiger charge is -2.12. The van der Waals surface area contributed by atoms with Crippen molar-refractivity contribution in [2.24, 2.45) is 0 Å². The number of ether oxygens (including phenoxy) is 1. The Morgan fingerprint density at radius 1 is 1.24 bits per heavy atom. The molecule has 3 N–H and O–H groups in total. The van der Waals surface area contributed by atoms with E-state index in [1.165, 1.54) is 18.7 Å². The van der Waals surface area contributed by atoms with Crippen molar-refractivity contribution in [1.29, 1.82) is 0 Å². The largest absolute Gasteiger partial charge is 0.507 e. The zero-order valence-corrected chi connectivity index (χ0v) is 19.2. The van der Waals surface area contributed by atoms with Crippen LogP contribution in [0.3, 0.4) is 0 Å². The molecule has 10 heteroatoms. The Hall–Kier alpha value is -3.79. The third kappa shape index (κ3) is 6.13. The van der Waals surface area contributed by atoms with E-state index in [2.05, 4.69) is 27.4 Å². The Morgan fingerprint density at radius 2 is 2.03 bits per heavy atom. The second kappa shape index (κ2) is 11.2. The summed E-state index contributed by atoms with van der Waals surface area (Å²) in [7, 11) is 1.54. The number of anilines is 1. The van der Waals surface area contributed by atoms with Gasteiger partial charge in [0.2, 0.25) is 11.8 Å². The maximum absolute atomic E-state index is 12.5. The molecule has 2 amide bonds. The van der Waals surface area contributed by atoms with Crippen LogP contribution in [0.2, 0.25) is 0 Å². The summed E-state index contributed by atoms with van der Waals surface area (Å²) in [5.41, 5.74) is 1.91. The van der Waals surface area contributed by atoms with Gasteiger partial charge >= 0.3 is 0 Å². The number of methoxy groups -OCH3 is 1. The van der Waals surface area contributed by atoms with Gasteiger partial charge in [-0.3, -0.25) is 14.2 Å². The van der Waals surface area contributed by atoms with Crippen molar-refractivity contribution < 1.29 is 19.4 Å². The fourth-order valence-corrected chi connectivity index (χ4v) is 3.90. The van der Waals surface area contributed by atoms with Crippen molar-refractivity contribution in [1.82, 2.24) is 20.1 Å². The van der Waals surface area contributed by atoms with Gasteiger partial charge in [0.05, 0.1) is 18.4 Å². The molecular weight excluding hydrogens is 442 g/mol. The van der Waals surface area contributed by atoms with Crippen molar-refractivity contribution in [3.05, 3.63) is 60.7 Å². The first-order valence-corrected chi connectivity index (χ1v) is 11.1. The molecule has 0 unspecified atom stereocenters. The number of nitrogens with zero attached hydrogens (tertiary/aromatic N) is 3. The highest BCUT2D eigenvalue weighted by molar-refractivity contribution is 7.99. The third-order valence-electron chi connectivity index (χ3n) is 4.58. The average Bonchev–Trinajstić information content (AvgIpc) is 3.19. The fourth-order valence-electron chi connectivity index (χ4n) is 3.12. The van der Waals surface area contributed by atoms with Crippen LogP contribution in [0, 0.1) is 0 Å². The van der Waals surface area contributed by atoms with Gasteiger partial charge in [-0.25, -0.2) is 0 Å². The van der Waals surface area contributed by atoms with Gasteiger partial charge in [0.1, 0.15) is 11.5 Å². The molecule has 3 rings (SSSR count). The standard InChI is InChI=1S/C23H25N5O4S/c1-4-11-28-22(18-7-5-6-8-19(18)30)26-27-23(28)33-14-21(31)24-13-16-12-17(25-15(2)29)9-10-20(16)32-3/h4-10,12,30H,1,11,13-14H2,2-3H3,(H,24,31)(H,25,29). The van der Waals surface area contributed by atoms with Crippen molar-refractivity contribution >= 4 is 29.3 Å². The van der Waals surface area contributed by atoms with E-state index in [9.17, 15) is 14.7 Å². The molecule has 0 saturated heterocycles. The van der Waals surface area contributed by atoms with Crippen LogP contribution in [-0.4, -0.2) is 44.5 Å². The molecule has 0 fully saturated rings. The number of aromatic nitrogens is 3. The predicted octanol–water partition coefficient (Wildman–Crippen LogP) is 3.21. The van der Waals surface area contributed by atoms with E-state index in [4.69, 9.17) is 4.74 Å². The van der Waals surface area contributed by atoms with E-state index in [-0.39, 0.29) is 29.9 Å². The maximum atomic E-state index is 12.5. The number of carbonyl (C=O) groups is 2. The number of allylic oxidation sites excluding steroid dienone is 1. The second-order valence-electron chi connectivity index (χ2n) is 7.00. The molecule has 0 radical (unpaired) electrons. The van der Waals surface area contributed by atoms with Gasteiger partial charge in [0.15, 0.2) is 11.0 Å². The van der Waals surface area contributed by atoms with E-state index in [0.717, 1.165) is 5.56 Å². The number of carbonyl (C=O) groups excluding carboxylic acids is 2. The lowest BCUT2D eigenvalue weighted by Crippen LogP contribution is -2.25. The zero-order chi connectivity index (χ0) is 23.8. The van der Waals surface area contributed by atoms with E-state index in [1.54, 1.807) is 60.2 Å². The van der Waals surface area contributed by atoms with Gasteiger partial charge in [-0.15, -0.1) is 16.8 Å². The van der Waals surface area contributed by atoms with Crippen LogP contribution in [0.15, 0.2) is 60.3 Å². The summed E-state index contributed by atoms with van der Waals surface area (Å²) in [5.74, 6) is 0.928. The highest BCUT2D eigenvalue weighted by Crippen LogP contribution is 2.30. The summed E-state index contributed by atoms with van der Waals surface area (Å²) >= 11 is 1.23. The number of phenolic OH excluding ortho intramolecular Hbond substituents is 1. The van der Waals surface area contributed by atoms with Crippen LogP contribution in [0.1, 0.15) is 12.5 Å². The van der Waals surface area contributed by atoms with Crippen molar-refractivity contribution in [2.75, 3.05) is 18.2 Å². The molecule has 2 aromatic carbocycles. The lowest BCUT2D eigenvalue weighted by atomic mass is 10.1. The number of nitrogens with one attached hydrogen (secondary N) is 2. The van der Waals surface area contributed by atoms with Crippen LogP contribution in [0.5, 0.6) is 11.5 Å². The summed E-state index contributed by atoms with van der Waals surface area (Å²) in [6.45, 7) is 5.86. The smallest absolute Gasteiger partial charge is 0.230 e. The number of rotatable bonds is 10. The minimum atomic E-state index is -0.204. The Kier molecular flexibility index (Phi) is 8.09. The Bertz CT molecular complexity index is 1160. The van der Waals surface area contributed by atoms with Crippen LogP contribution in [0.25, 0.3) is 11.4 Å². The van der Waals surface area contributed by atoms with E-state index in [1.807, 2.05) is 0 Å². The molecule has 1 heterocycles. The number of thioether (sulfide) groups is 1. The molecule has 0 aliphatic heterocycles. The summed E-state index contributed by atoms with van der Waals surface area (Å²) in [5, 5.41) is 24.6. The van der Waals surface area contributed by atoms with Crippen molar-refractivity contribution in [3.8, 4) is 22.9 Å². The van der Waals surface area contributed by atoms with Crippen LogP contribution < -0.4 is 15.4 Å². The minimum Gasteiger partial charge on any atom is -0.507 e. The molecule has 0 aliphatic carbocycles. The quantitative estimate of drug-likeness (QED) is 0.309. The summed E-state index contributed by atoms with van der Waals surface area (Å²) in [6, 6.07) is 12.1. The number of hydrogen-bond acceptors (Lipinski definition) is 7. The molecule has 0 spiro atoms. The maximum Gasteiger partial charge on any atom is 0.230 e. The normalized spacial score (nSPS) is 10.5. The van der Waals surface area contributed by atoms with Gasteiger partial charge in [0.25, 0.3) is 0 Å². The molecule has 9 nitrogen and oxygen atoms in total. The Balaban J connectivity index is 1.66. The average molecular weight is 468 g/mol. The lowest BCUT2D eigenvalue weighted by molar-refractivity contribution is -0.118. The molecule has 1 aromatic heterocycles. The monoisotopic (exact) mass is 467 g/mol. The van der Waals surface area contributed by atoms with Crippen LogP contribution in [-0.2, 0) is 22.7 Å².